The zero-order valence-corrected chi connectivity index (χ0v) is 20.1. The average molecular weight is 518 g/mol. The number of carbonyl (C=O) groups is 2. The van der Waals surface area contributed by atoms with Crippen LogP contribution in [0.15, 0.2) is 63.1 Å². The molecule has 0 bridgehead atoms. The van der Waals surface area contributed by atoms with Gasteiger partial charge in [0.2, 0.25) is 0 Å². The molecular weight excluding hydrogens is 498 g/mol. The van der Waals surface area contributed by atoms with Crippen molar-refractivity contribution >= 4 is 57.0 Å². The van der Waals surface area contributed by atoms with E-state index in [1.165, 1.54) is 23.5 Å². The second-order valence-corrected chi connectivity index (χ2v) is 9.05. The molecule has 2 N–H and O–H groups in total. The number of carbonyl (C=O) groups excluding carboxylic acids is 1. The first-order chi connectivity index (χ1) is 14.9. The summed E-state index contributed by atoms with van der Waals surface area (Å²) < 4.78 is 0.917. The number of carboxylic acid groups (broad SMARTS) is 1. The lowest BCUT2D eigenvalue weighted by atomic mass is 10.1. The van der Waals surface area contributed by atoms with Gasteiger partial charge in [0.25, 0.3) is 5.91 Å². The van der Waals surface area contributed by atoms with E-state index < -0.39 is 5.97 Å². The van der Waals surface area contributed by atoms with Gasteiger partial charge in [-0.05, 0) is 54.5 Å². The number of anilines is 1. The third-order valence-electron chi connectivity index (χ3n) is 4.37. The van der Waals surface area contributed by atoms with Crippen molar-refractivity contribution < 1.29 is 14.7 Å². The minimum atomic E-state index is -0.900. The Morgan fingerprint density at radius 1 is 0.968 bits per heavy atom. The molecule has 0 aliphatic heterocycles. The molecule has 1 aromatic heterocycles. The summed E-state index contributed by atoms with van der Waals surface area (Å²) >= 11 is 6.20. The third-order valence-corrected chi connectivity index (χ3v) is 6.35. The number of hydrogen-bond donors (Lipinski definition) is 2. The standard InChI is InChI=1S/C22H20BrN3O3S2/c1-30-21-17(12-19(27)28)22(31-2)26-18(25-21)11-13-3-9-16(10-4-13)24-20(29)14-5-7-15(23)8-6-14/h3-10H,11-12H2,1-2H3,(H,24,29)(H,27,28). The van der Waals surface area contributed by atoms with E-state index in [0.29, 0.717) is 39.1 Å². The smallest absolute Gasteiger partial charge is 0.308 e. The van der Waals surface area contributed by atoms with Gasteiger partial charge in [-0.25, -0.2) is 9.97 Å². The average Bonchev–Trinajstić information content (AvgIpc) is 2.76. The second-order valence-electron chi connectivity index (χ2n) is 6.54. The van der Waals surface area contributed by atoms with Crippen LogP contribution in [0.4, 0.5) is 5.69 Å². The summed E-state index contributed by atoms with van der Waals surface area (Å²) in [4.78, 5) is 32.7. The number of nitrogens with zero attached hydrogens (tertiary/aromatic N) is 2. The quantitative estimate of drug-likeness (QED) is 0.315. The predicted molar refractivity (Wildman–Crippen MR) is 128 cm³/mol. The van der Waals surface area contributed by atoms with Gasteiger partial charge in [0.05, 0.1) is 6.42 Å². The number of benzene rings is 2. The van der Waals surface area contributed by atoms with E-state index in [0.717, 1.165) is 10.0 Å². The van der Waals surface area contributed by atoms with Gasteiger partial charge < -0.3 is 10.4 Å². The molecule has 0 aliphatic carbocycles. The summed E-state index contributed by atoms with van der Waals surface area (Å²) in [6.45, 7) is 0. The summed E-state index contributed by atoms with van der Waals surface area (Å²) in [6, 6.07) is 14.7. The Balaban J connectivity index is 1.74. The lowest BCUT2D eigenvalue weighted by molar-refractivity contribution is -0.136. The van der Waals surface area contributed by atoms with Crippen LogP contribution in [-0.4, -0.2) is 39.5 Å². The minimum Gasteiger partial charge on any atom is -0.481 e. The van der Waals surface area contributed by atoms with Gasteiger partial charge in [-0.15, -0.1) is 23.5 Å². The molecule has 9 heteroatoms. The highest BCUT2D eigenvalue weighted by molar-refractivity contribution is 9.10. The van der Waals surface area contributed by atoms with E-state index >= 15 is 0 Å². The van der Waals surface area contributed by atoms with Gasteiger partial charge in [0.1, 0.15) is 15.9 Å². The van der Waals surface area contributed by atoms with Crippen molar-refractivity contribution in [2.45, 2.75) is 22.9 Å². The van der Waals surface area contributed by atoms with Gasteiger partial charge >= 0.3 is 5.97 Å². The van der Waals surface area contributed by atoms with Crippen LogP contribution < -0.4 is 5.32 Å². The number of thioether (sulfide) groups is 2. The normalized spacial score (nSPS) is 10.7. The Bertz CT molecular complexity index is 1070. The molecule has 0 spiro atoms. The van der Waals surface area contributed by atoms with Crippen molar-refractivity contribution in [2.75, 3.05) is 17.8 Å². The van der Waals surface area contributed by atoms with Crippen LogP contribution in [0.3, 0.4) is 0 Å². The number of carboxylic acids is 1. The summed E-state index contributed by atoms with van der Waals surface area (Å²) in [7, 11) is 0. The van der Waals surface area contributed by atoms with Crippen molar-refractivity contribution in [3.63, 3.8) is 0 Å². The maximum atomic E-state index is 12.4. The van der Waals surface area contributed by atoms with Crippen molar-refractivity contribution in [1.29, 1.82) is 0 Å². The Labute approximate surface area is 197 Å². The van der Waals surface area contributed by atoms with Gasteiger partial charge in [0.15, 0.2) is 0 Å². The summed E-state index contributed by atoms with van der Waals surface area (Å²) in [5, 5.41) is 13.4. The van der Waals surface area contributed by atoms with E-state index in [4.69, 9.17) is 0 Å². The van der Waals surface area contributed by atoms with Gasteiger partial charge in [0, 0.05) is 27.7 Å². The van der Waals surface area contributed by atoms with Gasteiger partial charge in [-0.1, -0.05) is 28.1 Å². The molecule has 6 nitrogen and oxygen atoms in total. The molecule has 0 atom stereocenters. The van der Waals surface area contributed by atoms with Crippen LogP contribution in [-0.2, 0) is 17.6 Å². The number of halogens is 1. The molecule has 31 heavy (non-hydrogen) atoms. The molecule has 2 aromatic carbocycles. The molecule has 1 heterocycles. The highest BCUT2D eigenvalue weighted by Crippen LogP contribution is 2.28. The molecular formula is C22H20BrN3O3S2. The first-order valence-electron chi connectivity index (χ1n) is 9.25. The highest BCUT2D eigenvalue weighted by Gasteiger charge is 2.16. The number of hydrogen-bond acceptors (Lipinski definition) is 6. The van der Waals surface area contributed by atoms with Gasteiger partial charge in [-0.2, -0.15) is 0 Å². The zero-order chi connectivity index (χ0) is 22.4. The van der Waals surface area contributed by atoms with E-state index in [1.54, 1.807) is 12.1 Å². The Hall–Kier alpha value is -2.36. The number of aliphatic carboxylic acids is 1. The molecule has 0 saturated heterocycles. The molecule has 160 valence electrons. The summed E-state index contributed by atoms with van der Waals surface area (Å²) in [6.07, 6.45) is 4.17. The number of amides is 1. The van der Waals surface area contributed by atoms with Crippen LogP contribution in [0.2, 0.25) is 0 Å². The topological polar surface area (TPSA) is 92.2 Å². The Morgan fingerprint density at radius 2 is 1.55 bits per heavy atom. The number of rotatable bonds is 8. The van der Waals surface area contributed by atoms with Crippen LogP contribution in [0.5, 0.6) is 0 Å². The lowest BCUT2D eigenvalue weighted by Gasteiger charge is -2.12. The van der Waals surface area contributed by atoms with E-state index in [-0.39, 0.29) is 12.3 Å². The van der Waals surface area contributed by atoms with Crippen LogP contribution in [0.1, 0.15) is 27.3 Å². The largest absolute Gasteiger partial charge is 0.481 e. The summed E-state index contributed by atoms with van der Waals surface area (Å²) in [5.41, 5.74) is 2.93. The Morgan fingerprint density at radius 3 is 2.06 bits per heavy atom. The first-order valence-corrected chi connectivity index (χ1v) is 12.5. The van der Waals surface area contributed by atoms with E-state index in [1.807, 2.05) is 48.9 Å². The third kappa shape index (κ3) is 6.32. The molecule has 0 aliphatic rings. The lowest BCUT2D eigenvalue weighted by Crippen LogP contribution is -2.11. The predicted octanol–water partition coefficient (Wildman–Crippen LogP) is 5.15. The molecule has 3 aromatic rings. The second kappa shape index (κ2) is 10.8. The van der Waals surface area contributed by atoms with Crippen molar-refractivity contribution in [2.24, 2.45) is 0 Å². The maximum Gasteiger partial charge on any atom is 0.308 e. The molecule has 3 rings (SSSR count). The maximum absolute atomic E-state index is 12.4. The van der Waals surface area contributed by atoms with Crippen LogP contribution in [0.25, 0.3) is 0 Å². The minimum absolute atomic E-state index is 0.0978. The molecule has 1 amide bonds. The van der Waals surface area contributed by atoms with Crippen molar-refractivity contribution in [3.8, 4) is 0 Å². The van der Waals surface area contributed by atoms with E-state index in [2.05, 4.69) is 31.2 Å². The fraction of sp³-hybridized carbons (Fsp3) is 0.182. The van der Waals surface area contributed by atoms with E-state index in [9.17, 15) is 14.7 Å². The van der Waals surface area contributed by atoms with Crippen LogP contribution >= 0.6 is 39.5 Å². The van der Waals surface area contributed by atoms with Crippen molar-refractivity contribution in [3.05, 3.63) is 75.5 Å². The monoisotopic (exact) mass is 517 g/mol. The number of nitrogens with one attached hydrogen (secondary N) is 1. The highest BCUT2D eigenvalue weighted by atomic mass is 79.9. The Kier molecular flexibility index (Phi) is 8.11. The fourth-order valence-electron chi connectivity index (χ4n) is 2.90. The SMILES string of the molecule is CSc1nc(Cc2ccc(NC(=O)c3ccc(Br)cc3)cc2)nc(SC)c1CC(=O)O. The fourth-order valence-corrected chi connectivity index (χ4v) is 4.45. The molecule has 0 saturated carbocycles. The van der Waals surface area contributed by atoms with Crippen molar-refractivity contribution in [1.82, 2.24) is 9.97 Å². The summed E-state index contributed by atoms with van der Waals surface area (Å²) in [5.74, 6) is -0.441. The zero-order valence-electron chi connectivity index (χ0n) is 16.9. The molecule has 0 fully saturated rings. The van der Waals surface area contributed by atoms with Gasteiger partial charge in [-0.3, -0.25) is 9.59 Å². The first kappa shape index (κ1) is 23.3. The molecule has 0 unspecified atom stereocenters. The van der Waals surface area contributed by atoms with Crippen LogP contribution in [0, 0.1) is 0 Å². The molecule has 0 radical (unpaired) electrons. The number of aromatic nitrogens is 2.